The molecule has 1 heterocycles. The summed E-state index contributed by atoms with van der Waals surface area (Å²) in [7, 11) is 0. The number of hydrogen-bond donors (Lipinski definition) is 1. The average Bonchev–Trinajstić information content (AvgIpc) is 2.93. The standard InChI is InChI=1S/C21H19NS/c1-14(2)16-7-3-5-9-19(16)22-15-11-12-21-18(13-15)17-8-4-6-10-20(17)23-21/h3-14,22H,1-2H3. The van der Waals surface area contributed by atoms with E-state index >= 15 is 0 Å². The lowest BCUT2D eigenvalue weighted by molar-refractivity contribution is 0.869. The second kappa shape index (κ2) is 5.71. The van der Waals surface area contributed by atoms with Crippen molar-refractivity contribution in [1.29, 1.82) is 0 Å². The molecule has 23 heavy (non-hydrogen) atoms. The van der Waals surface area contributed by atoms with Gasteiger partial charge in [0.1, 0.15) is 0 Å². The minimum atomic E-state index is 0.504. The molecule has 0 aliphatic heterocycles. The molecule has 0 spiro atoms. The Bertz CT molecular complexity index is 981. The number of rotatable bonds is 3. The number of thiophene rings is 1. The van der Waals surface area contributed by atoms with Gasteiger partial charge in [0.15, 0.2) is 0 Å². The maximum absolute atomic E-state index is 3.61. The topological polar surface area (TPSA) is 12.0 Å². The smallest absolute Gasteiger partial charge is 0.0419 e. The third kappa shape index (κ3) is 2.60. The molecule has 4 aromatic rings. The largest absolute Gasteiger partial charge is 0.355 e. The Balaban J connectivity index is 1.79. The first-order valence-electron chi connectivity index (χ1n) is 7.99. The number of anilines is 2. The van der Waals surface area contributed by atoms with E-state index < -0.39 is 0 Å². The molecule has 0 saturated heterocycles. The molecule has 1 aromatic heterocycles. The molecule has 0 radical (unpaired) electrons. The van der Waals surface area contributed by atoms with E-state index in [-0.39, 0.29) is 0 Å². The lowest BCUT2D eigenvalue weighted by Crippen LogP contribution is -1.97. The van der Waals surface area contributed by atoms with Crippen molar-refractivity contribution in [3.63, 3.8) is 0 Å². The summed E-state index contributed by atoms with van der Waals surface area (Å²) in [5, 5.41) is 6.28. The van der Waals surface area contributed by atoms with Crippen molar-refractivity contribution in [1.82, 2.24) is 0 Å². The summed E-state index contributed by atoms with van der Waals surface area (Å²) in [5.41, 5.74) is 3.69. The molecule has 0 atom stereocenters. The van der Waals surface area contributed by atoms with Gasteiger partial charge in [0.05, 0.1) is 0 Å². The molecule has 0 fully saturated rings. The van der Waals surface area contributed by atoms with Crippen LogP contribution in [0.15, 0.2) is 66.7 Å². The predicted octanol–water partition coefficient (Wildman–Crippen LogP) is 6.92. The van der Waals surface area contributed by atoms with Crippen LogP contribution in [0.2, 0.25) is 0 Å². The quantitative estimate of drug-likeness (QED) is 0.432. The van der Waals surface area contributed by atoms with Gasteiger partial charge in [-0.25, -0.2) is 0 Å². The minimum absolute atomic E-state index is 0.504. The normalized spacial score (nSPS) is 11.4. The molecule has 0 amide bonds. The van der Waals surface area contributed by atoms with Crippen LogP contribution in [0.3, 0.4) is 0 Å². The van der Waals surface area contributed by atoms with E-state index in [0.29, 0.717) is 5.92 Å². The van der Waals surface area contributed by atoms with E-state index in [4.69, 9.17) is 0 Å². The van der Waals surface area contributed by atoms with Gasteiger partial charge >= 0.3 is 0 Å². The number of nitrogens with one attached hydrogen (secondary N) is 1. The summed E-state index contributed by atoms with van der Waals surface area (Å²) in [6.45, 7) is 4.46. The number of hydrogen-bond acceptors (Lipinski definition) is 2. The molecule has 0 aliphatic rings. The Labute approximate surface area is 140 Å². The molecular weight excluding hydrogens is 298 g/mol. The van der Waals surface area contributed by atoms with Crippen LogP contribution in [0.4, 0.5) is 11.4 Å². The van der Waals surface area contributed by atoms with Crippen LogP contribution < -0.4 is 5.32 Å². The van der Waals surface area contributed by atoms with Gasteiger partial charge in [0.2, 0.25) is 0 Å². The van der Waals surface area contributed by atoms with Gasteiger partial charge in [-0.1, -0.05) is 50.2 Å². The molecule has 0 aliphatic carbocycles. The van der Waals surface area contributed by atoms with Gasteiger partial charge in [-0.3, -0.25) is 0 Å². The Morgan fingerprint density at radius 1 is 0.783 bits per heavy atom. The van der Waals surface area contributed by atoms with Gasteiger partial charge in [-0.15, -0.1) is 11.3 Å². The molecular formula is C21H19NS. The molecule has 0 saturated carbocycles. The fourth-order valence-corrected chi connectivity index (χ4v) is 4.16. The molecule has 1 nitrogen and oxygen atoms in total. The first-order valence-corrected chi connectivity index (χ1v) is 8.81. The number of fused-ring (bicyclic) bond motifs is 3. The molecule has 3 aromatic carbocycles. The summed E-state index contributed by atoms with van der Waals surface area (Å²) in [6, 6.07) is 23.8. The van der Waals surface area contributed by atoms with Crippen LogP contribution in [0.25, 0.3) is 20.2 Å². The molecule has 0 bridgehead atoms. The van der Waals surface area contributed by atoms with Crippen LogP contribution in [-0.4, -0.2) is 0 Å². The Morgan fingerprint density at radius 2 is 1.52 bits per heavy atom. The van der Waals surface area contributed by atoms with Crippen LogP contribution >= 0.6 is 11.3 Å². The predicted molar refractivity (Wildman–Crippen MR) is 103 cm³/mol. The van der Waals surface area contributed by atoms with Crippen molar-refractivity contribution in [2.24, 2.45) is 0 Å². The highest BCUT2D eigenvalue weighted by Gasteiger charge is 2.08. The fraction of sp³-hybridized carbons (Fsp3) is 0.143. The summed E-state index contributed by atoms with van der Waals surface area (Å²) < 4.78 is 2.69. The van der Waals surface area contributed by atoms with Gasteiger partial charge in [0.25, 0.3) is 0 Å². The van der Waals surface area contributed by atoms with Crippen molar-refractivity contribution < 1.29 is 0 Å². The maximum atomic E-state index is 3.61. The van der Waals surface area contributed by atoms with Crippen molar-refractivity contribution in [3.05, 3.63) is 72.3 Å². The van der Waals surface area contributed by atoms with Crippen LogP contribution in [0.5, 0.6) is 0 Å². The van der Waals surface area contributed by atoms with Crippen molar-refractivity contribution in [3.8, 4) is 0 Å². The highest BCUT2D eigenvalue weighted by atomic mass is 32.1. The van der Waals surface area contributed by atoms with E-state index in [0.717, 1.165) is 5.69 Å². The molecule has 1 N–H and O–H groups in total. The summed E-state index contributed by atoms with van der Waals surface area (Å²) in [5.74, 6) is 0.504. The van der Waals surface area contributed by atoms with Crippen LogP contribution in [0.1, 0.15) is 25.3 Å². The van der Waals surface area contributed by atoms with E-state index in [9.17, 15) is 0 Å². The highest BCUT2D eigenvalue weighted by Crippen LogP contribution is 2.36. The van der Waals surface area contributed by atoms with E-state index in [1.165, 1.54) is 31.4 Å². The second-order valence-electron chi connectivity index (χ2n) is 6.18. The third-order valence-electron chi connectivity index (χ3n) is 4.24. The lowest BCUT2D eigenvalue weighted by Gasteiger charge is -2.14. The van der Waals surface area contributed by atoms with E-state index in [1.54, 1.807) is 0 Å². The second-order valence-corrected chi connectivity index (χ2v) is 7.26. The average molecular weight is 317 g/mol. The SMILES string of the molecule is CC(C)c1ccccc1Nc1ccc2sc3ccccc3c2c1. The summed E-state index contributed by atoms with van der Waals surface area (Å²) in [4.78, 5) is 0. The van der Waals surface area contributed by atoms with Gasteiger partial charge in [-0.2, -0.15) is 0 Å². The molecule has 4 rings (SSSR count). The monoisotopic (exact) mass is 317 g/mol. The van der Waals surface area contributed by atoms with Crippen molar-refractivity contribution in [2.75, 3.05) is 5.32 Å². The number of benzene rings is 3. The zero-order valence-electron chi connectivity index (χ0n) is 13.3. The molecule has 0 unspecified atom stereocenters. The van der Waals surface area contributed by atoms with E-state index in [1.807, 2.05) is 11.3 Å². The first kappa shape index (κ1) is 14.3. The Kier molecular flexibility index (Phi) is 3.55. The Morgan fingerprint density at radius 3 is 2.39 bits per heavy atom. The van der Waals surface area contributed by atoms with Crippen LogP contribution in [-0.2, 0) is 0 Å². The minimum Gasteiger partial charge on any atom is -0.355 e. The van der Waals surface area contributed by atoms with Gasteiger partial charge in [-0.05, 0) is 41.8 Å². The summed E-state index contributed by atoms with van der Waals surface area (Å²) >= 11 is 1.86. The lowest BCUT2D eigenvalue weighted by atomic mass is 10.0. The zero-order chi connectivity index (χ0) is 15.8. The number of para-hydroxylation sites is 1. The van der Waals surface area contributed by atoms with Crippen molar-refractivity contribution in [2.45, 2.75) is 19.8 Å². The van der Waals surface area contributed by atoms with Gasteiger partial charge < -0.3 is 5.32 Å². The molecule has 2 heteroatoms. The highest BCUT2D eigenvalue weighted by molar-refractivity contribution is 7.25. The Hall–Kier alpha value is -2.32. The zero-order valence-corrected chi connectivity index (χ0v) is 14.2. The fourth-order valence-electron chi connectivity index (χ4n) is 3.07. The van der Waals surface area contributed by atoms with E-state index in [2.05, 4.69) is 85.9 Å². The van der Waals surface area contributed by atoms with Crippen molar-refractivity contribution >= 4 is 42.9 Å². The molecule has 114 valence electrons. The van der Waals surface area contributed by atoms with Crippen LogP contribution in [0, 0.1) is 0 Å². The summed E-state index contributed by atoms with van der Waals surface area (Å²) in [6.07, 6.45) is 0. The third-order valence-corrected chi connectivity index (χ3v) is 5.39. The first-order chi connectivity index (χ1) is 11.2. The van der Waals surface area contributed by atoms with Gasteiger partial charge in [0, 0.05) is 31.5 Å². The maximum Gasteiger partial charge on any atom is 0.0419 e.